The number of ether oxygens (including phenoxy) is 3. The van der Waals surface area contributed by atoms with Crippen LogP contribution < -0.4 is 5.32 Å². The predicted molar refractivity (Wildman–Crippen MR) is 104 cm³/mol. The molecule has 0 spiro atoms. The number of halogens is 2. The van der Waals surface area contributed by atoms with Crippen molar-refractivity contribution in [2.24, 2.45) is 0 Å². The number of carbonyl (C=O) groups excluding carboxylic acids is 1. The van der Waals surface area contributed by atoms with Crippen LogP contribution in [-0.4, -0.2) is 56.1 Å². The van der Waals surface area contributed by atoms with Crippen molar-refractivity contribution in [3.05, 3.63) is 46.7 Å². The number of esters is 1. The van der Waals surface area contributed by atoms with E-state index in [4.69, 9.17) is 26.4 Å². The van der Waals surface area contributed by atoms with Gasteiger partial charge in [-0.2, -0.15) is 0 Å². The molecule has 9 heteroatoms. The Balaban J connectivity index is 2.50. The fourth-order valence-electron chi connectivity index (χ4n) is 3.13. The highest BCUT2D eigenvalue weighted by atomic mass is 32.1. The summed E-state index contributed by atoms with van der Waals surface area (Å²) >= 11 is 5.44. The molecule has 28 heavy (non-hydrogen) atoms. The predicted octanol–water partition coefficient (Wildman–Crippen LogP) is 2.69. The van der Waals surface area contributed by atoms with Gasteiger partial charge < -0.3 is 24.4 Å². The molecule has 154 valence electrons. The van der Waals surface area contributed by atoms with Gasteiger partial charge in [-0.05, 0) is 32.1 Å². The molecule has 1 aromatic carbocycles. The van der Waals surface area contributed by atoms with E-state index in [0.29, 0.717) is 17.4 Å². The van der Waals surface area contributed by atoms with Gasteiger partial charge in [0.05, 0.1) is 30.9 Å². The first-order valence-electron chi connectivity index (χ1n) is 8.72. The number of thiocarbonyl (C=S) groups is 1. The van der Waals surface area contributed by atoms with Gasteiger partial charge in [-0.25, -0.2) is 13.6 Å². The van der Waals surface area contributed by atoms with Crippen LogP contribution in [0.25, 0.3) is 0 Å². The number of carbonyl (C=O) groups is 1. The van der Waals surface area contributed by atoms with Gasteiger partial charge in [0.25, 0.3) is 0 Å². The Morgan fingerprint density at radius 3 is 2.61 bits per heavy atom. The first kappa shape index (κ1) is 22.2. The van der Waals surface area contributed by atoms with Crippen LogP contribution in [0.5, 0.6) is 0 Å². The number of nitrogens with one attached hydrogen (secondary N) is 1. The van der Waals surface area contributed by atoms with Gasteiger partial charge in [0.1, 0.15) is 18.2 Å². The number of rotatable bonds is 8. The molecule has 1 heterocycles. The number of nitrogens with zero attached hydrogens (tertiary/aromatic N) is 1. The largest absolute Gasteiger partial charge is 0.460 e. The second-order valence-corrected chi connectivity index (χ2v) is 6.74. The molecule has 0 radical (unpaired) electrons. The Bertz CT molecular complexity index is 772. The van der Waals surface area contributed by atoms with Crippen molar-refractivity contribution in [1.82, 2.24) is 10.2 Å². The van der Waals surface area contributed by atoms with Gasteiger partial charge in [0.2, 0.25) is 0 Å². The van der Waals surface area contributed by atoms with E-state index in [2.05, 4.69) is 5.32 Å². The van der Waals surface area contributed by atoms with Crippen molar-refractivity contribution in [3.8, 4) is 0 Å². The molecule has 2 atom stereocenters. The van der Waals surface area contributed by atoms with E-state index in [1.807, 2.05) is 6.92 Å². The fraction of sp³-hybridized carbons (Fsp3) is 0.474. The minimum absolute atomic E-state index is 0.0444. The first-order valence-corrected chi connectivity index (χ1v) is 9.13. The van der Waals surface area contributed by atoms with Crippen molar-refractivity contribution >= 4 is 23.3 Å². The van der Waals surface area contributed by atoms with Crippen molar-refractivity contribution in [2.45, 2.75) is 25.9 Å². The molecule has 0 amide bonds. The zero-order valence-electron chi connectivity index (χ0n) is 16.3. The molecule has 1 aliphatic rings. The lowest BCUT2D eigenvalue weighted by molar-refractivity contribution is -0.140. The highest BCUT2D eigenvalue weighted by Gasteiger charge is 2.37. The molecule has 1 aliphatic heterocycles. The summed E-state index contributed by atoms with van der Waals surface area (Å²) in [7, 11) is 3.05. The monoisotopic (exact) mass is 414 g/mol. The maximum absolute atomic E-state index is 14.5. The number of hydrogen-bond acceptors (Lipinski definition) is 5. The summed E-state index contributed by atoms with van der Waals surface area (Å²) in [5.74, 6) is -2.12. The Labute approximate surface area is 168 Å². The third kappa shape index (κ3) is 4.84. The summed E-state index contributed by atoms with van der Waals surface area (Å²) in [5.41, 5.74) is 0.809. The molecule has 0 bridgehead atoms. The van der Waals surface area contributed by atoms with Crippen LogP contribution >= 0.6 is 12.2 Å². The standard InChI is InChI=1S/C19H24F2N2O4S/c1-11(10-26-4)23-12(2)16(18(24)27-8-7-25-3)17(22-19(23)28)14-6-5-13(20)9-15(14)21/h5-6,9,11,17H,7-8,10H2,1-4H3,(H,22,28)/t11-,17-/m0/s1. The van der Waals surface area contributed by atoms with Gasteiger partial charge in [0, 0.05) is 31.5 Å². The lowest BCUT2D eigenvalue weighted by atomic mass is 9.94. The Morgan fingerprint density at radius 1 is 1.29 bits per heavy atom. The van der Waals surface area contributed by atoms with Crippen molar-refractivity contribution < 1.29 is 27.8 Å². The highest BCUT2D eigenvalue weighted by Crippen LogP contribution is 2.33. The topological polar surface area (TPSA) is 60.0 Å². The lowest BCUT2D eigenvalue weighted by Crippen LogP contribution is -2.52. The van der Waals surface area contributed by atoms with Crippen molar-refractivity contribution in [3.63, 3.8) is 0 Å². The van der Waals surface area contributed by atoms with Crippen LogP contribution in [0.2, 0.25) is 0 Å². The van der Waals surface area contributed by atoms with Gasteiger partial charge in [-0.3, -0.25) is 0 Å². The Kier molecular flexibility index (Phi) is 7.85. The molecule has 6 nitrogen and oxygen atoms in total. The van der Waals surface area contributed by atoms with Crippen LogP contribution in [0.15, 0.2) is 29.5 Å². The minimum Gasteiger partial charge on any atom is -0.460 e. The molecule has 0 aromatic heterocycles. The summed E-state index contributed by atoms with van der Waals surface area (Å²) in [6.07, 6.45) is 0. The summed E-state index contributed by atoms with van der Waals surface area (Å²) in [6.45, 7) is 4.22. The SMILES string of the molecule is COCCOC(=O)C1=C(C)N([C@@H](C)COC)C(=S)N[C@H]1c1ccc(F)cc1F. The Hall–Kier alpha value is -2.10. The van der Waals surface area contributed by atoms with Crippen LogP contribution in [0.3, 0.4) is 0 Å². The number of allylic oxidation sites excluding steroid dienone is 1. The smallest absolute Gasteiger partial charge is 0.338 e. The van der Waals surface area contributed by atoms with E-state index in [1.54, 1.807) is 18.9 Å². The third-order valence-corrected chi connectivity index (χ3v) is 4.70. The van der Waals surface area contributed by atoms with Crippen molar-refractivity contribution in [2.75, 3.05) is 34.0 Å². The second kappa shape index (κ2) is 9.90. The molecule has 0 saturated heterocycles. The van der Waals surface area contributed by atoms with E-state index >= 15 is 0 Å². The van der Waals surface area contributed by atoms with Crippen LogP contribution in [0.1, 0.15) is 25.5 Å². The normalized spacial score (nSPS) is 18.1. The highest BCUT2D eigenvalue weighted by molar-refractivity contribution is 7.80. The summed E-state index contributed by atoms with van der Waals surface area (Å²) in [5, 5.41) is 3.29. The van der Waals surface area contributed by atoms with Crippen LogP contribution in [0.4, 0.5) is 8.78 Å². The molecule has 0 unspecified atom stereocenters. The van der Waals surface area contributed by atoms with Crippen molar-refractivity contribution in [1.29, 1.82) is 0 Å². The summed E-state index contributed by atoms with van der Waals surface area (Å²) in [4.78, 5) is 14.5. The first-order chi connectivity index (χ1) is 13.3. The number of hydrogen-bond donors (Lipinski definition) is 1. The zero-order valence-corrected chi connectivity index (χ0v) is 17.1. The van der Waals surface area contributed by atoms with Gasteiger partial charge >= 0.3 is 5.97 Å². The molecule has 0 aliphatic carbocycles. The molecule has 2 rings (SSSR count). The quantitative estimate of drug-likeness (QED) is 0.399. The van der Waals surface area contributed by atoms with Gasteiger partial charge in [-0.1, -0.05) is 6.07 Å². The molecule has 0 saturated carbocycles. The van der Waals surface area contributed by atoms with Gasteiger partial charge in [0.15, 0.2) is 5.11 Å². The third-order valence-electron chi connectivity index (χ3n) is 4.39. The maximum Gasteiger partial charge on any atom is 0.338 e. The summed E-state index contributed by atoms with van der Waals surface area (Å²) in [6, 6.07) is 2.10. The lowest BCUT2D eigenvalue weighted by Gasteiger charge is -2.40. The van der Waals surface area contributed by atoms with Crippen LogP contribution in [0, 0.1) is 11.6 Å². The zero-order chi connectivity index (χ0) is 20.8. The molecule has 1 N–H and O–H groups in total. The molecule has 1 aromatic rings. The molecule has 0 fully saturated rings. The maximum atomic E-state index is 14.5. The molecular weight excluding hydrogens is 390 g/mol. The average Bonchev–Trinajstić information content (AvgIpc) is 2.61. The minimum atomic E-state index is -0.908. The number of methoxy groups -OCH3 is 2. The van der Waals surface area contributed by atoms with Crippen LogP contribution in [-0.2, 0) is 19.0 Å². The van der Waals surface area contributed by atoms with Gasteiger partial charge in [-0.15, -0.1) is 0 Å². The van der Waals surface area contributed by atoms with E-state index in [0.717, 1.165) is 12.1 Å². The Morgan fingerprint density at radius 2 is 2.00 bits per heavy atom. The fourth-order valence-corrected chi connectivity index (χ4v) is 3.57. The molecular formula is C19H24F2N2O4S. The van der Waals surface area contributed by atoms with E-state index in [9.17, 15) is 13.6 Å². The van der Waals surface area contributed by atoms with E-state index < -0.39 is 23.6 Å². The average molecular weight is 414 g/mol. The van der Waals surface area contributed by atoms with E-state index in [1.165, 1.54) is 13.2 Å². The van der Waals surface area contributed by atoms with E-state index in [-0.39, 0.29) is 30.4 Å². The number of benzene rings is 1. The summed E-state index contributed by atoms with van der Waals surface area (Å²) < 4.78 is 43.2. The second-order valence-electron chi connectivity index (χ2n) is 6.35.